The first-order chi connectivity index (χ1) is 6.13. The minimum Gasteiger partial charge on any atom is -0.710 e. The largest absolute Gasteiger partial charge is 0.710 e. The fourth-order valence-electron chi connectivity index (χ4n) is 1.54. The Balaban J connectivity index is 3.19. The molecule has 0 amide bonds. The summed E-state index contributed by atoms with van der Waals surface area (Å²) in [7, 11) is 0. The molecule has 1 aromatic heterocycles. The molecule has 0 aliphatic rings. The standard InChI is InChI=1S/C9H16N2O2/c1-4-6-9-10(12)7(3)8(5-2)11(9)13/h13H,4-6H2,1-3H3. The Bertz CT molecular complexity index is 305. The molecule has 0 saturated carbocycles. The summed E-state index contributed by atoms with van der Waals surface area (Å²) in [6, 6.07) is 0. The Hall–Kier alpha value is -1.19. The van der Waals surface area contributed by atoms with Gasteiger partial charge in [0.15, 0.2) is 5.69 Å². The van der Waals surface area contributed by atoms with Gasteiger partial charge in [0, 0.05) is 13.3 Å². The van der Waals surface area contributed by atoms with Crippen molar-refractivity contribution in [2.45, 2.75) is 40.0 Å². The van der Waals surface area contributed by atoms with Gasteiger partial charge in [-0.15, -0.1) is 0 Å². The van der Waals surface area contributed by atoms with Crippen LogP contribution in [0.1, 0.15) is 37.5 Å². The fraction of sp³-hybridized carbons (Fsp3) is 0.667. The molecule has 74 valence electrons. The van der Waals surface area contributed by atoms with Gasteiger partial charge in [-0.3, -0.25) is 0 Å². The van der Waals surface area contributed by atoms with Gasteiger partial charge in [0.25, 0.3) is 5.82 Å². The number of aromatic nitrogens is 2. The monoisotopic (exact) mass is 184 g/mol. The van der Waals surface area contributed by atoms with Gasteiger partial charge in [0.2, 0.25) is 0 Å². The van der Waals surface area contributed by atoms with E-state index in [0.717, 1.165) is 15.9 Å². The summed E-state index contributed by atoms with van der Waals surface area (Å²) in [4.78, 5) is 0. The van der Waals surface area contributed by atoms with Crippen molar-refractivity contribution in [2.75, 3.05) is 0 Å². The number of rotatable bonds is 3. The molecule has 1 N–H and O–H groups in total. The Morgan fingerprint density at radius 1 is 1.46 bits per heavy atom. The van der Waals surface area contributed by atoms with E-state index in [4.69, 9.17) is 0 Å². The molecule has 0 aromatic carbocycles. The van der Waals surface area contributed by atoms with Crippen molar-refractivity contribution in [1.29, 1.82) is 0 Å². The molecule has 0 aliphatic heterocycles. The Labute approximate surface area is 78.0 Å². The summed E-state index contributed by atoms with van der Waals surface area (Å²) >= 11 is 0. The van der Waals surface area contributed by atoms with Crippen molar-refractivity contribution in [1.82, 2.24) is 4.73 Å². The smallest absolute Gasteiger partial charge is 0.299 e. The van der Waals surface area contributed by atoms with Crippen LogP contribution in [-0.2, 0) is 12.8 Å². The molecular weight excluding hydrogens is 168 g/mol. The van der Waals surface area contributed by atoms with E-state index in [0.29, 0.717) is 30.1 Å². The van der Waals surface area contributed by atoms with Crippen molar-refractivity contribution in [2.24, 2.45) is 0 Å². The highest BCUT2D eigenvalue weighted by atomic mass is 16.5. The number of nitrogens with zero attached hydrogens (tertiary/aromatic N) is 2. The zero-order valence-corrected chi connectivity index (χ0v) is 8.37. The quantitative estimate of drug-likeness (QED) is 0.435. The molecule has 13 heavy (non-hydrogen) atoms. The molecule has 0 unspecified atom stereocenters. The third-order valence-electron chi connectivity index (χ3n) is 2.27. The molecule has 0 atom stereocenters. The van der Waals surface area contributed by atoms with Crippen LogP contribution >= 0.6 is 0 Å². The van der Waals surface area contributed by atoms with Crippen molar-refractivity contribution in [3.8, 4) is 0 Å². The summed E-state index contributed by atoms with van der Waals surface area (Å²) < 4.78 is 1.86. The molecule has 4 nitrogen and oxygen atoms in total. The van der Waals surface area contributed by atoms with Crippen molar-refractivity contribution in [3.63, 3.8) is 0 Å². The third kappa shape index (κ3) is 1.48. The first-order valence-electron chi connectivity index (χ1n) is 4.65. The van der Waals surface area contributed by atoms with E-state index in [1.54, 1.807) is 6.92 Å². The fourth-order valence-corrected chi connectivity index (χ4v) is 1.54. The lowest BCUT2D eigenvalue weighted by atomic mass is 10.3. The highest BCUT2D eigenvalue weighted by Gasteiger charge is 2.22. The predicted molar refractivity (Wildman–Crippen MR) is 48.7 cm³/mol. The Morgan fingerprint density at radius 3 is 2.46 bits per heavy atom. The van der Waals surface area contributed by atoms with Crippen molar-refractivity contribution < 1.29 is 9.94 Å². The zero-order valence-electron chi connectivity index (χ0n) is 8.37. The number of hydrogen-bond acceptors (Lipinski definition) is 2. The molecule has 0 saturated heterocycles. The van der Waals surface area contributed by atoms with Crippen molar-refractivity contribution >= 4 is 0 Å². The van der Waals surface area contributed by atoms with Crippen LogP contribution in [0, 0.1) is 12.1 Å². The van der Waals surface area contributed by atoms with Crippen LogP contribution in [0.15, 0.2) is 0 Å². The molecule has 0 aliphatic carbocycles. The van der Waals surface area contributed by atoms with Crippen LogP contribution in [0.4, 0.5) is 0 Å². The van der Waals surface area contributed by atoms with E-state index in [9.17, 15) is 10.4 Å². The molecule has 1 aromatic rings. The van der Waals surface area contributed by atoms with E-state index in [1.165, 1.54) is 0 Å². The topological polar surface area (TPSA) is 52.1 Å². The van der Waals surface area contributed by atoms with Crippen LogP contribution in [0.5, 0.6) is 0 Å². The first kappa shape index (κ1) is 9.89. The summed E-state index contributed by atoms with van der Waals surface area (Å²) in [6.07, 6.45) is 2.14. The van der Waals surface area contributed by atoms with E-state index in [-0.39, 0.29) is 0 Å². The highest BCUT2D eigenvalue weighted by Crippen LogP contribution is 2.08. The van der Waals surface area contributed by atoms with Gasteiger partial charge in [-0.1, -0.05) is 13.8 Å². The molecule has 0 fully saturated rings. The van der Waals surface area contributed by atoms with Crippen LogP contribution in [0.3, 0.4) is 0 Å². The Kier molecular flexibility index (Phi) is 2.80. The second kappa shape index (κ2) is 3.68. The van der Waals surface area contributed by atoms with Gasteiger partial charge in [-0.25, -0.2) is 4.73 Å². The van der Waals surface area contributed by atoms with Crippen LogP contribution in [0.25, 0.3) is 0 Å². The predicted octanol–water partition coefficient (Wildman–Crippen LogP) is 1.18. The molecule has 4 heteroatoms. The molecule has 0 bridgehead atoms. The van der Waals surface area contributed by atoms with E-state index in [2.05, 4.69) is 0 Å². The van der Waals surface area contributed by atoms with Gasteiger partial charge in [0.05, 0.1) is 6.42 Å². The summed E-state index contributed by atoms with van der Waals surface area (Å²) in [6.45, 7) is 5.64. The number of hydrogen-bond donors (Lipinski definition) is 1. The van der Waals surface area contributed by atoms with Gasteiger partial charge < -0.3 is 10.4 Å². The maximum Gasteiger partial charge on any atom is 0.299 e. The van der Waals surface area contributed by atoms with E-state index in [1.807, 2.05) is 13.8 Å². The minimum atomic E-state index is 0.442. The Morgan fingerprint density at radius 2 is 2.08 bits per heavy atom. The molecule has 1 rings (SSSR count). The van der Waals surface area contributed by atoms with Crippen LogP contribution < -0.4 is 4.73 Å². The summed E-state index contributed by atoms with van der Waals surface area (Å²) in [5.74, 6) is 0.442. The molecule has 0 spiro atoms. The summed E-state index contributed by atoms with van der Waals surface area (Å²) in [5, 5.41) is 21.1. The zero-order chi connectivity index (χ0) is 10.0. The van der Waals surface area contributed by atoms with Gasteiger partial charge in [0.1, 0.15) is 5.69 Å². The molecule has 0 radical (unpaired) electrons. The van der Waals surface area contributed by atoms with Gasteiger partial charge in [-0.2, -0.15) is 0 Å². The second-order valence-electron chi connectivity index (χ2n) is 3.16. The van der Waals surface area contributed by atoms with Gasteiger partial charge >= 0.3 is 0 Å². The second-order valence-corrected chi connectivity index (χ2v) is 3.16. The minimum absolute atomic E-state index is 0.442. The van der Waals surface area contributed by atoms with Crippen LogP contribution in [-0.4, -0.2) is 9.94 Å². The lowest BCUT2D eigenvalue weighted by molar-refractivity contribution is -0.621. The first-order valence-corrected chi connectivity index (χ1v) is 4.65. The molecule has 1 heterocycles. The lowest BCUT2D eigenvalue weighted by Crippen LogP contribution is -2.33. The van der Waals surface area contributed by atoms with Crippen LogP contribution in [0.2, 0.25) is 0 Å². The average Bonchev–Trinajstić information content (AvgIpc) is 2.31. The highest BCUT2D eigenvalue weighted by molar-refractivity contribution is 5.08. The average molecular weight is 184 g/mol. The number of imidazole rings is 1. The lowest BCUT2D eigenvalue weighted by Gasteiger charge is -2.01. The molecular formula is C9H16N2O2. The normalized spacial score (nSPS) is 10.7. The summed E-state index contributed by atoms with van der Waals surface area (Å²) in [5.41, 5.74) is 1.31. The maximum atomic E-state index is 11.5. The van der Waals surface area contributed by atoms with E-state index < -0.39 is 0 Å². The van der Waals surface area contributed by atoms with Crippen molar-refractivity contribution in [3.05, 3.63) is 22.4 Å². The SMILES string of the molecule is CCCc1n(O)c(CC)c(C)[n+]1[O-]. The maximum absolute atomic E-state index is 11.5. The van der Waals surface area contributed by atoms with Gasteiger partial charge in [-0.05, 0) is 11.2 Å². The third-order valence-corrected chi connectivity index (χ3v) is 2.27. The van der Waals surface area contributed by atoms with E-state index >= 15 is 0 Å².